The molecule has 0 saturated carbocycles. The van der Waals surface area contributed by atoms with Crippen LogP contribution in [0.5, 0.6) is 0 Å². The Morgan fingerprint density at radius 3 is 2.89 bits per heavy atom. The number of likely N-dealkylation sites (N-methyl/N-ethyl adjacent to an activating group) is 1. The van der Waals surface area contributed by atoms with Crippen molar-refractivity contribution in [3.05, 3.63) is 46.8 Å². The molecular weight excluding hydrogens is 255 g/mol. The van der Waals surface area contributed by atoms with Gasteiger partial charge in [-0.2, -0.15) is 5.10 Å². The standard InChI is InChI=1S/C12H14ClFN4/c1-15-10(6-11-16-7-17-18(11)2)8-4-3-5-9(14)12(8)13/h3-5,7,10,15H,6H2,1-2H3. The minimum atomic E-state index is -0.410. The Hall–Kier alpha value is -1.46. The highest BCUT2D eigenvalue weighted by molar-refractivity contribution is 6.31. The Morgan fingerprint density at radius 1 is 1.50 bits per heavy atom. The molecule has 0 aliphatic carbocycles. The van der Waals surface area contributed by atoms with Crippen LogP contribution in [0.4, 0.5) is 4.39 Å². The summed E-state index contributed by atoms with van der Waals surface area (Å²) in [5.41, 5.74) is 0.724. The molecule has 18 heavy (non-hydrogen) atoms. The summed E-state index contributed by atoms with van der Waals surface area (Å²) in [7, 11) is 3.63. The lowest BCUT2D eigenvalue weighted by Gasteiger charge is -2.17. The van der Waals surface area contributed by atoms with Crippen molar-refractivity contribution in [1.29, 1.82) is 0 Å². The van der Waals surface area contributed by atoms with Gasteiger partial charge in [0, 0.05) is 19.5 Å². The number of benzene rings is 1. The molecule has 0 amide bonds. The molecule has 0 bridgehead atoms. The molecule has 1 atom stereocenters. The van der Waals surface area contributed by atoms with Crippen molar-refractivity contribution >= 4 is 11.6 Å². The number of nitrogens with one attached hydrogen (secondary N) is 1. The van der Waals surface area contributed by atoms with E-state index in [4.69, 9.17) is 11.6 Å². The van der Waals surface area contributed by atoms with Crippen molar-refractivity contribution in [2.24, 2.45) is 7.05 Å². The third kappa shape index (κ3) is 2.52. The Balaban J connectivity index is 2.29. The van der Waals surface area contributed by atoms with Crippen LogP contribution in [0.1, 0.15) is 17.4 Å². The summed E-state index contributed by atoms with van der Waals surface area (Å²) in [5, 5.41) is 7.28. The van der Waals surface area contributed by atoms with Gasteiger partial charge in [0.05, 0.1) is 5.02 Å². The number of hydrogen-bond acceptors (Lipinski definition) is 3. The predicted octanol–water partition coefficient (Wildman–Crippen LogP) is 2.11. The van der Waals surface area contributed by atoms with Gasteiger partial charge in [-0.05, 0) is 18.7 Å². The van der Waals surface area contributed by atoms with E-state index in [-0.39, 0.29) is 11.1 Å². The predicted molar refractivity (Wildman–Crippen MR) is 67.9 cm³/mol. The average Bonchev–Trinajstić information content (AvgIpc) is 2.76. The highest BCUT2D eigenvalue weighted by Crippen LogP contribution is 2.27. The van der Waals surface area contributed by atoms with Crippen LogP contribution in [0.3, 0.4) is 0 Å². The van der Waals surface area contributed by atoms with Crippen LogP contribution in [0.2, 0.25) is 5.02 Å². The summed E-state index contributed by atoms with van der Waals surface area (Å²) >= 11 is 5.99. The van der Waals surface area contributed by atoms with Crippen molar-refractivity contribution in [2.45, 2.75) is 12.5 Å². The molecule has 1 N–H and O–H groups in total. The van der Waals surface area contributed by atoms with Gasteiger partial charge in [-0.3, -0.25) is 4.68 Å². The fourth-order valence-corrected chi connectivity index (χ4v) is 2.10. The molecule has 1 unspecified atom stereocenters. The smallest absolute Gasteiger partial charge is 0.142 e. The second kappa shape index (κ2) is 5.46. The second-order valence-electron chi connectivity index (χ2n) is 3.99. The van der Waals surface area contributed by atoms with Gasteiger partial charge in [-0.1, -0.05) is 23.7 Å². The van der Waals surface area contributed by atoms with Crippen molar-refractivity contribution < 1.29 is 4.39 Å². The van der Waals surface area contributed by atoms with E-state index in [0.29, 0.717) is 6.42 Å². The van der Waals surface area contributed by atoms with Crippen LogP contribution in [0.15, 0.2) is 24.5 Å². The summed E-state index contributed by atoms with van der Waals surface area (Å²) in [6.07, 6.45) is 2.09. The minimum absolute atomic E-state index is 0.101. The molecule has 6 heteroatoms. The summed E-state index contributed by atoms with van der Waals surface area (Å²) in [5.74, 6) is 0.405. The van der Waals surface area contributed by atoms with Gasteiger partial charge in [0.25, 0.3) is 0 Å². The maximum Gasteiger partial charge on any atom is 0.142 e. The highest BCUT2D eigenvalue weighted by Gasteiger charge is 2.17. The van der Waals surface area contributed by atoms with E-state index in [0.717, 1.165) is 11.4 Å². The summed E-state index contributed by atoms with van der Waals surface area (Å²) in [6, 6.07) is 4.71. The third-order valence-electron chi connectivity index (χ3n) is 2.90. The van der Waals surface area contributed by atoms with E-state index in [1.807, 2.05) is 20.2 Å². The van der Waals surface area contributed by atoms with Crippen LogP contribution >= 0.6 is 11.6 Å². The van der Waals surface area contributed by atoms with Crippen molar-refractivity contribution in [3.63, 3.8) is 0 Å². The first-order chi connectivity index (χ1) is 8.63. The van der Waals surface area contributed by atoms with Gasteiger partial charge in [-0.15, -0.1) is 0 Å². The van der Waals surface area contributed by atoms with E-state index in [1.54, 1.807) is 10.7 Å². The van der Waals surface area contributed by atoms with Gasteiger partial charge < -0.3 is 5.32 Å². The first kappa shape index (κ1) is 13.0. The summed E-state index contributed by atoms with van der Waals surface area (Å²) in [4.78, 5) is 4.16. The Labute approximate surface area is 110 Å². The zero-order chi connectivity index (χ0) is 13.1. The number of nitrogens with zero attached hydrogens (tertiary/aromatic N) is 3. The monoisotopic (exact) mass is 268 g/mol. The van der Waals surface area contributed by atoms with Gasteiger partial charge in [0.15, 0.2) is 0 Å². The van der Waals surface area contributed by atoms with Crippen molar-refractivity contribution in [2.75, 3.05) is 7.05 Å². The highest BCUT2D eigenvalue weighted by atomic mass is 35.5. The maximum atomic E-state index is 13.4. The molecule has 0 saturated heterocycles. The molecular formula is C12H14ClFN4. The lowest BCUT2D eigenvalue weighted by atomic mass is 10.0. The van der Waals surface area contributed by atoms with Crippen LogP contribution in [-0.2, 0) is 13.5 Å². The van der Waals surface area contributed by atoms with E-state index in [9.17, 15) is 4.39 Å². The van der Waals surface area contributed by atoms with Crippen molar-refractivity contribution in [3.8, 4) is 0 Å². The molecule has 2 aromatic rings. The fraction of sp³-hybridized carbons (Fsp3) is 0.333. The lowest BCUT2D eigenvalue weighted by molar-refractivity contribution is 0.547. The molecule has 0 fully saturated rings. The molecule has 1 heterocycles. The number of rotatable bonds is 4. The van der Waals surface area contributed by atoms with Crippen molar-refractivity contribution in [1.82, 2.24) is 20.1 Å². The second-order valence-corrected chi connectivity index (χ2v) is 4.37. The molecule has 0 spiro atoms. The van der Waals surface area contributed by atoms with Crippen LogP contribution in [0.25, 0.3) is 0 Å². The Kier molecular flexibility index (Phi) is 3.93. The van der Waals surface area contributed by atoms with Gasteiger partial charge in [0.2, 0.25) is 0 Å². The quantitative estimate of drug-likeness (QED) is 0.924. The normalized spacial score (nSPS) is 12.7. The topological polar surface area (TPSA) is 42.7 Å². The van der Waals surface area contributed by atoms with Gasteiger partial charge in [-0.25, -0.2) is 9.37 Å². The zero-order valence-electron chi connectivity index (χ0n) is 10.2. The van der Waals surface area contributed by atoms with E-state index in [2.05, 4.69) is 15.4 Å². The SMILES string of the molecule is CNC(Cc1ncnn1C)c1cccc(F)c1Cl. The van der Waals surface area contributed by atoms with Gasteiger partial charge >= 0.3 is 0 Å². The fourth-order valence-electron chi connectivity index (χ4n) is 1.84. The molecule has 0 radical (unpaired) electrons. The molecule has 96 valence electrons. The lowest BCUT2D eigenvalue weighted by Crippen LogP contribution is -2.21. The van der Waals surface area contributed by atoms with Crippen LogP contribution in [0, 0.1) is 5.82 Å². The largest absolute Gasteiger partial charge is 0.313 e. The summed E-state index contributed by atoms with van der Waals surface area (Å²) < 4.78 is 15.1. The number of aryl methyl sites for hydroxylation is 1. The third-order valence-corrected chi connectivity index (χ3v) is 3.30. The minimum Gasteiger partial charge on any atom is -0.313 e. The number of aromatic nitrogens is 3. The molecule has 4 nitrogen and oxygen atoms in total. The Morgan fingerprint density at radius 2 is 2.28 bits per heavy atom. The first-order valence-corrected chi connectivity index (χ1v) is 5.95. The van der Waals surface area contributed by atoms with E-state index < -0.39 is 5.82 Å². The van der Waals surface area contributed by atoms with E-state index in [1.165, 1.54) is 12.4 Å². The van der Waals surface area contributed by atoms with Crippen LogP contribution in [-0.4, -0.2) is 21.8 Å². The maximum absolute atomic E-state index is 13.4. The zero-order valence-corrected chi connectivity index (χ0v) is 10.9. The summed E-state index contributed by atoms with van der Waals surface area (Å²) in [6.45, 7) is 0. The molecule has 0 aliphatic heterocycles. The number of halogens is 2. The first-order valence-electron chi connectivity index (χ1n) is 5.57. The van der Waals surface area contributed by atoms with E-state index >= 15 is 0 Å². The average molecular weight is 269 g/mol. The van der Waals surface area contributed by atoms with Crippen LogP contribution < -0.4 is 5.32 Å². The Bertz CT molecular complexity index is 541. The molecule has 1 aromatic heterocycles. The molecule has 2 rings (SSSR count). The molecule has 0 aliphatic rings. The van der Waals surface area contributed by atoms with Gasteiger partial charge in [0.1, 0.15) is 18.0 Å². The number of hydrogen-bond donors (Lipinski definition) is 1. The molecule has 1 aromatic carbocycles.